The van der Waals surface area contributed by atoms with E-state index in [4.69, 9.17) is 0 Å². The van der Waals surface area contributed by atoms with E-state index in [9.17, 15) is 35.1 Å². The SMILES string of the molecule is Fc1ccccc1C(CC(F)(F)F)SC(CC(F)(F)F)c1ccccc1F. The molecule has 2 unspecified atom stereocenters. The van der Waals surface area contributed by atoms with Gasteiger partial charge in [-0.25, -0.2) is 8.78 Å². The van der Waals surface area contributed by atoms with Gasteiger partial charge in [0.1, 0.15) is 11.6 Å². The van der Waals surface area contributed by atoms with E-state index in [0.717, 1.165) is 24.3 Å². The van der Waals surface area contributed by atoms with E-state index in [-0.39, 0.29) is 22.9 Å². The van der Waals surface area contributed by atoms with Crippen molar-refractivity contribution in [1.82, 2.24) is 0 Å². The van der Waals surface area contributed by atoms with Crippen molar-refractivity contribution in [2.45, 2.75) is 35.7 Å². The quantitative estimate of drug-likeness (QED) is 0.444. The molecule has 2 atom stereocenters. The normalized spacial score (nSPS) is 14.8. The number of thioether (sulfide) groups is 1. The zero-order valence-electron chi connectivity index (χ0n) is 13.6. The molecule has 0 aromatic heterocycles. The Kier molecular flexibility index (Phi) is 6.77. The van der Waals surface area contributed by atoms with Crippen LogP contribution in [0.4, 0.5) is 35.1 Å². The van der Waals surface area contributed by atoms with E-state index in [1.165, 1.54) is 24.3 Å². The minimum Gasteiger partial charge on any atom is -0.207 e. The maximum atomic E-state index is 14.0. The summed E-state index contributed by atoms with van der Waals surface area (Å²) in [6.45, 7) is 0. The highest BCUT2D eigenvalue weighted by Crippen LogP contribution is 2.50. The van der Waals surface area contributed by atoms with Crippen molar-refractivity contribution in [1.29, 1.82) is 0 Å². The van der Waals surface area contributed by atoms with Crippen LogP contribution in [-0.2, 0) is 0 Å². The van der Waals surface area contributed by atoms with Crippen LogP contribution in [0.3, 0.4) is 0 Å². The molecular formula is C18H14F8S. The third-order valence-corrected chi connectivity index (χ3v) is 5.16. The second-order valence-corrected chi connectivity index (χ2v) is 7.21. The van der Waals surface area contributed by atoms with Crippen LogP contribution in [0.15, 0.2) is 48.5 Å². The van der Waals surface area contributed by atoms with Gasteiger partial charge >= 0.3 is 12.4 Å². The van der Waals surface area contributed by atoms with Gasteiger partial charge in [-0.15, -0.1) is 11.8 Å². The van der Waals surface area contributed by atoms with Crippen molar-refractivity contribution in [3.05, 3.63) is 71.3 Å². The first-order valence-corrected chi connectivity index (χ1v) is 8.68. The molecule has 0 heterocycles. The van der Waals surface area contributed by atoms with Crippen LogP contribution in [0.1, 0.15) is 34.5 Å². The van der Waals surface area contributed by atoms with E-state index < -0.39 is 47.3 Å². The molecule has 2 rings (SSSR count). The smallest absolute Gasteiger partial charge is 0.207 e. The summed E-state index contributed by atoms with van der Waals surface area (Å²) in [6.07, 6.45) is -12.6. The molecule has 9 heteroatoms. The zero-order chi connectivity index (χ0) is 20.2. The highest BCUT2D eigenvalue weighted by molar-refractivity contribution is 7.99. The van der Waals surface area contributed by atoms with Gasteiger partial charge in [0.25, 0.3) is 0 Å². The second kappa shape index (κ2) is 8.50. The van der Waals surface area contributed by atoms with Crippen LogP contribution in [0.2, 0.25) is 0 Å². The topological polar surface area (TPSA) is 0 Å². The molecule has 0 radical (unpaired) electrons. The summed E-state index contributed by atoms with van der Waals surface area (Å²) in [5.41, 5.74) is -0.744. The largest absolute Gasteiger partial charge is 0.390 e. The van der Waals surface area contributed by atoms with Crippen LogP contribution in [0.5, 0.6) is 0 Å². The minimum absolute atomic E-state index is 0.258. The van der Waals surface area contributed by atoms with Crippen molar-refractivity contribution in [2.75, 3.05) is 0 Å². The fourth-order valence-corrected chi connectivity index (χ4v) is 4.20. The van der Waals surface area contributed by atoms with E-state index >= 15 is 0 Å². The van der Waals surface area contributed by atoms with Crippen LogP contribution in [0.25, 0.3) is 0 Å². The number of rotatable bonds is 6. The number of hydrogen-bond acceptors (Lipinski definition) is 1. The summed E-state index contributed by atoms with van der Waals surface area (Å²) in [5.74, 6) is -1.92. The minimum atomic E-state index is -4.74. The van der Waals surface area contributed by atoms with Crippen LogP contribution >= 0.6 is 11.8 Å². The molecule has 0 bridgehead atoms. The summed E-state index contributed by atoms with van der Waals surface area (Å²) >= 11 is 0.258. The Morgan fingerprint density at radius 3 is 1.26 bits per heavy atom. The number of hydrogen-bond donors (Lipinski definition) is 0. The Morgan fingerprint density at radius 1 is 0.630 bits per heavy atom. The lowest BCUT2D eigenvalue weighted by Crippen LogP contribution is -2.17. The van der Waals surface area contributed by atoms with Gasteiger partial charge < -0.3 is 0 Å². The van der Waals surface area contributed by atoms with Gasteiger partial charge in [-0.05, 0) is 12.1 Å². The molecule has 148 valence electrons. The molecule has 0 saturated heterocycles. The molecule has 0 aliphatic heterocycles. The molecule has 0 amide bonds. The van der Waals surface area contributed by atoms with E-state index in [2.05, 4.69) is 0 Å². The van der Waals surface area contributed by atoms with Gasteiger partial charge in [0, 0.05) is 21.6 Å². The van der Waals surface area contributed by atoms with Crippen LogP contribution in [-0.4, -0.2) is 12.4 Å². The van der Waals surface area contributed by atoms with Gasteiger partial charge in [0.2, 0.25) is 0 Å². The molecule has 0 nitrogen and oxygen atoms in total. The molecule has 0 N–H and O–H groups in total. The fourth-order valence-electron chi connectivity index (χ4n) is 2.55. The molecule has 0 fully saturated rings. The molecule has 0 spiro atoms. The lowest BCUT2D eigenvalue weighted by atomic mass is 10.1. The predicted molar refractivity (Wildman–Crippen MR) is 87.2 cm³/mol. The first kappa shape index (κ1) is 21.5. The van der Waals surface area contributed by atoms with Gasteiger partial charge in [0.05, 0.1) is 12.8 Å². The number of alkyl halides is 6. The first-order valence-electron chi connectivity index (χ1n) is 7.74. The fraction of sp³-hybridized carbons (Fsp3) is 0.333. The summed E-state index contributed by atoms with van der Waals surface area (Å²) in [7, 11) is 0. The molecule has 27 heavy (non-hydrogen) atoms. The van der Waals surface area contributed by atoms with Crippen LogP contribution in [0, 0.1) is 11.6 Å². The summed E-state index contributed by atoms with van der Waals surface area (Å²) in [5, 5.41) is -3.31. The third-order valence-electron chi connectivity index (χ3n) is 3.67. The average molecular weight is 414 g/mol. The first-order chi connectivity index (χ1) is 12.5. The Morgan fingerprint density at radius 2 is 0.963 bits per heavy atom. The van der Waals surface area contributed by atoms with Gasteiger partial charge in [-0.3, -0.25) is 0 Å². The zero-order valence-corrected chi connectivity index (χ0v) is 14.4. The van der Waals surface area contributed by atoms with Gasteiger partial charge in [-0.2, -0.15) is 26.3 Å². The van der Waals surface area contributed by atoms with E-state index in [1.54, 1.807) is 0 Å². The maximum absolute atomic E-state index is 14.0. The maximum Gasteiger partial charge on any atom is 0.390 e. The summed E-state index contributed by atoms with van der Waals surface area (Å²) in [4.78, 5) is 0. The molecule has 0 aliphatic carbocycles. The number of halogens is 8. The summed E-state index contributed by atoms with van der Waals surface area (Å²) < 4.78 is 106. The number of benzene rings is 2. The average Bonchev–Trinajstić information content (AvgIpc) is 2.52. The molecule has 2 aromatic carbocycles. The van der Waals surface area contributed by atoms with Crippen molar-refractivity contribution < 1.29 is 35.1 Å². The Hall–Kier alpha value is -1.77. The summed E-state index contributed by atoms with van der Waals surface area (Å²) in [6, 6.07) is 9.16. The van der Waals surface area contributed by atoms with Crippen LogP contribution < -0.4 is 0 Å². The van der Waals surface area contributed by atoms with Crippen molar-refractivity contribution in [3.63, 3.8) is 0 Å². The Bertz CT molecular complexity index is 690. The van der Waals surface area contributed by atoms with Gasteiger partial charge in [-0.1, -0.05) is 36.4 Å². The van der Waals surface area contributed by atoms with E-state index in [0.29, 0.717) is 0 Å². The van der Waals surface area contributed by atoms with Crippen molar-refractivity contribution in [2.24, 2.45) is 0 Å². The predicted octanol–water partition coefficient (Wildman–Crippen LogP) is 7.39. The highest BCUT2D eigenvalue weighted by Gasteiger charge is 2.39. The lowest BCUT2D eigenvalue weighted by molar-refractivity contribution is -0.135. The van der Waals surface area contributed by atoms with E-state index in [1.807, 2.05) is 0 Å². The Labute approximate surface area is 154 Å². The van der Waals surface area contributed by atoms with Crippen molar-refractivity contribution >= 4 is 11.8 Å². The highest BCUT2D eigenvalue weighted by atomic mass is 32.2. The monoisotopic (exact) mass is 414 g/mol. The molecule has 0 saturated carbocycles. The van der Waals surface area contributed by atoms with Gasteiger partial charge in [0.15, 0.2) is 0 Å². The third kappa shape index (κ3) is 6.71. The standard InChI is InChI=1S/C18H14F8S/c19-13-7-3-1-5-11(13)15(9-17(21,22)23)27-16(10-18(24,25)26)12-6-2-4-8-14(12)20/h1-8,15-16H,9-10H2. The van der Waals surface area contributed by atoms with Crippen molar-refractivity contribution in [3.8, 4) is 0 Å². The molecule has 0 aliphatic rings. The second-order valence-electron chi connectivity index (χ2n) is 5.79. The molecular weight excluding hydrogens is 400 g/mol. The lowest BCUT2D eigenvalue weighted by Gasteiger charge is -2.26. The molecule has 2 aromatic rings. The Balaban J connectivity index is 2.43.